The summed E-state index contributed by atoms with van der Waals surface area (Å²) in [5, 5.41) is 3.50. The van der Waals surface area contributed by atoms with Gasteiger partial charge in [-0.2, -0.15) is 0 Å². The number of nitrogens with zero attached hydrogens (tertiary/aromatic N) is 1. The second-order valence-corrected chi connectivity index (χ2v) is 7.87. The van der Waals surface area contributed by atoms with Crippen molar-refractivity contribution in [2.45, 2.75) is 64.5 Å². The third-order valence-corrected chi connectivity index (χ3v) is 4.53. The van der Waals surface area contributed by atoms with Crippen molar-refractivity contribution in [1.82, 2.24) is 5.32 Å². The Labute approximate surface area is 149 Å². The fourth-order valence-corrected chi connectivity index (χ4v) is 3.33. The van der Waals surface area contributed by atoms with Gasteiger partial charge in [-0.15, -0.1) is 0 Å². The topological polar surface area (TPSA) is 42.7 Å². The highest BCUT2D eigenvalue weighted by molar-refractivity contribution is 6.33. The van der Waals surface area contributed by atoms with Gasteiger partial charge in [-0.25, -0.2) is 9.64 Å². The number of nitrogens with one attached hydrogen (secondary N) is 1. The molecule has 0 bridgehead atoms. The van der Waals surface area contributed by atoms with Crippen LogP contribution in [0.2, 0.25) is 5.02 Å². The molecule has 1 saturated carbocycles. The van der Waals surface area contributed by atoms with Gasteiger partial charge in [-0.05, 0) is 64.4 Å². The van der Waals surface area contributed by atoms with E-state index in [9.17, 15) is 4.79 Å². The molecule has 130 valence electrons. The van der Waals surface area contributed by atoms with E-state index in [0.717, 1.165) is 32.1 Å². The summed E-state index contributed by atoms with van der Waals surface area (Å²) in [5.41, 5.74) is 1.22. The highest BCUT2D eigenvalue weighted by atomic mass is 35.5. The van der Waals surface area contributed by atoms with E-state index in [2.05, 4.69) is 10.2 Å². The SMILES string of the molecule is [C-]#[N+]c1ccc(CC2CCC(NC(=O)OC(C)(C)C)CC2)cc1Cl. The molecular formula is C19H25ClN2O2. The highest BCUT2D eigenvalue weighted by Gasteiger charge is 2.24. The zero-order valence-electron chi connectivity index (χ0n) is 14.6. The van der Waals surface area contributed by atoms with E-state index in [1.807, 2.05) is 32.9 Å². The Kier molecular flexibility index (Phi) is 6.12. The third-order valence-electron chi connectivity index (χ3n) is 4.22. The van der Waals surface area contributed by atoms with Crippen molar-refractivity contribution in [3.05, 3.63) is 40.2 Å². The predicted octanol–water partition coefficient (Wildman–Crippen LogP) is 5.52. The van der Waals surface area contributed by atoms with Crippen molar-refractivity contribution >= 4 is 23.4 Å². The Morgan fingerprint density at radius 1 is 1.33 bits per heavy atom. The summed E-state index contributed by atoms with van der Waals surface area (Å²) < 4.78 is 5.31. The normalized spacial score (nSPS) is 21.0. The number of hydrogen-bond donors (Lipinski definition) is 1. The van der Waals surface area contributed by atoms with Crippen LogP contribution in [0.5, 0.6) is 0 Å². The van der Waals surface area contributed by atoms with Crippen LogP contribution in [-0.2, 0) is 11.2 Å². The molecule has 1 aromatic rings. The van der Waals surface area contributed by atoms with E-state index >= 15 is 0 Å². The van der Waals surface area contributed by atoms with Crippen LogP contribution in [-0.4, -0.2) is 17.7 Å². The first-order chi connectivity index (χ1) is 11.3. The lowest BCUT2D eigenvalue weighted by Crippen LogP contribution is -2.41. The second-order valence-electron chi connectivity index (χ2n) is 7.47. The van der Waals surface area contributed by atoms with Gasteiger partial charge in [-0.3, -0.25) is 0 Å². The maximum absolute atomic E-state index is 11.8. The lowest BCUT2D eigenvalue weighted by molar-refractivity contribution is 0.0487. The zero-order valence-corrected chi connectivity index (χ0v) is 15.3. The molecule has 1 fully saturated rings. The average Bonchev–Trinajstić information content (AvgIpc) is 2.47. The molecule has 0 spiro atoms. The van der Waals surface area contributed by atoms with Crippen LogP contribution in [0.1, 0.15) is 52.0 Å². The lowest BCUT2D eigenvalue weighted by Gasteiger charge is -2.30. The van der Waals surface area contributed by atoms with Gasteiger partial charge in [0.05, 0.1) is 6.57 Å². The fourth-order valence-electron chi connectivity index (χ4n) is 3.09. The first-order valence-corrected chi connectivity index (χ1v) is 8.80. The number of carbonyl (C=O) groups is 1. The Balaban J connectivity index is 1.80. The van der Waals surface area contributed by atoms with Crippen molar-refractivity contribution in [2.75, 3.05) is 0 Å². The summed E-state index contributed by atoms with van der Waals surface area (Å²) in [4.78, 5) is 15.2. The smallest absolute Gasteiger partial charge is 0.407 e. The Morgan fingerprint density at radius 2 is 2.00 bits per heavy atom. The summed E-state index contributed by atoms with van der Waals surface area (Å²) in [6.07, 6.45) is 4.73. The van der Waals surface area contributed by atoms with Gasteiger partial charge in [0.15, 0.2) is 0 Å². The van der Waals surface area contributed by atoms with Crippen molar-refractivity contribution in [3.8, 4) is 0 Å². The minimum Gasteiger partial charge on any atom is -0.444 e. The number of halogens is 1. The Bertz CT molecular complexity index is 623. The van der Waals surface area contributed by atoms with Crippen LogP contribution in [0.15, 0.2) is 18.2 Å². The summed E-state index contributed by atoms with van der Waals surface area (Å²) in [6, 6.07) is 5.88. The standard InChI is InChI=1S/C19H25ClN2O2/c1-19(2,3)24-18(23)22-15-8-5-13(6-9-15)11-14-7-10-17(21-4)16(20)12-14/h7,10,12-13,15H,5-6,8-9,11H2,1-3H3,(H,22,23). The van der Waals surface area contributed by atoms with Crippen molar-refractivity contribution < 1.29 is 9.53 Å². The molecule has 0 saturated heterocycles. The van der Waals surface area contributed by atoms with E-state index in [4.69, 9.17) is 22.9 Å². The predicted molar refractivity (Wildman–Crippen MR) is 96.5 cm³/mol. The molecule has 0 heterocycles. The minimum atomic E-state index is -0.460. The van der Waals surface area contributed by atoms with Crippen molar-refractivity contribution in [3.63, 3.8) is 0 Å². The van der Waals surface area contributed by atoms with E-state index in [1.165, 1.54) is 5.56 Å². The summed E-state index contributed by atoms with van der Waals surface area (Å²) >= 11 is 6.11. The zero-order chi connectivity index (χ0) is 17.7. The van der Waals surface area contributed by atoms with Crippen LogP contribution in [0, 0.1) is 12.5 Å². The van der Waals surface area contributed by atoms with Gasteiger partial charge in [0.2, 0.25) is 5.69 Å². The van der Waals surface area contributed by atoms with Crippen LogP contribution in [0.25, 0.3) is 4.85 Å². The average molecular weight is 349 g/mol. The number of ether oxygens (including phenoxy) is 1. The number of carbonyl (C=O) groups excluding carboxylic acids is 1. The minimum absolute atomic E-state index is 0.198. The Morgan fingerprint density at radius 3 is 2.54 bits per heavy atom. The van der Waals surface area contributed by atoms with Gasteiger partial charge >= 0.3 is 6.09 Å². The maximum Gasteiger partial charge on any atom is 0.407 e. The molecule has 1 aromatic carbocycles. The molecule has 4 nitrogen and oxygen atoms in total. The number of hydrogen-bond acceptors (Lipinski definition) is 2. The quantitative estimate of drug-likeness (QED) is 0.731. The van der Waals surface area contributed by atoms with Gasteiger partial charge in [0, 0.05) is 11.1 Å². The van der Waals surface area contributed by atoms with Gasteiger partial charge < -0.3 is 10.1 Å². The number of amides is 1. The summed E-state index contributed by atoms with van der Waals surface area (Å²) in [5.74, 6) is 0.594. The van der Waals surface area contributed by atoms with Gasteiger partial charge in [0.25, 0.3) is 0 Å². The molecule has 0 radical (unpaired) electrons. The molecule has 2 rings (SSSR count). The summed E-state index contributed by atoms with van der Waals surface area (Å²) in [6.45, 7) is 12.6. The molecule has 0 aliphatic heterocycles. The number of rotatable bonds is 3. The van der Waals surface area contributed by atoms with Gasteiger partial charge in [0.1, 0.15) is 5.60 Å². The number of benzene rings is 1. The molecule has 1 amide bonds. The van der Waals surface area contributed by atoms with E-state index < -0.39 is 5.60 Å². The van der Waals surface area contributed by atoms with Crippen molar-refractivity contribution in [2.24, 2.45) is 5.92 Å². The first-order valence-electron chi connectivity index (χ1n) is 8.42. The van der Waals surface area contributed by atoms with Crippen LogP contribution < -0.4 is 5.32 Å². The number of alkyl carbamates (subject to hydrolysis) is 1. The van der Waals surface area contributed by atoms with Crippen LogP contribution in [0.4, 0.5) is 10.5 Å². The molecule has 1 aliphatic rings. The third kappa shape index (κ3) is 5.72. The van der Waals surface area contributed by atoms with E-state index in [-0.39, 0.29) is 12.1 Å². The Hall–Kier alpha value is -1.73. The molecule has 5 heteroatoms. The van der Waals surface area contributed by atoms with Crippen molar-refractivity contribution in [1.29, 1.82) is 0 Å². The van der Waals surface area contributed by atoms with Crippen LogP contribution in [0.3, 0.4) is 0 Å². The molecule has 1 aliphatic carbocycles. The first kappa shape index (κ1) is 18.6. The van der Waals surface area contributed by atoms with Gasteiger partial charge in [-0.1, -0.05) is 29.8 Å². The molecule has 0 unspecified atom stereocenters. The lowest BCUT2D eigenvalue weighted by atomic mass is 9.82. The molecule has 0 aromatic heterocycles. The summed E-state index contributed by atoms with van der Waals surface area (Å²) in [7, 11) is 0. The molecule has 0 atom stereocenters. The maximum atomic E-state index is 11.8. The molecule has 1 N–H and O–H groups in total. The van der Waals surface area contributed by atoms with E-state index in [1.54, 1.807) is 6.07 Å². The molecule has 24 heavy (non-hydrogen) atoms. The monoisotopic (exact) mass is 348 g/mol. The molecular weight excluding hydrogens is 324 g/mol. The second kappa shape index (κ2) is 7.90. The fraction of sp³-hybridized carbons (Fsp3) is 0.579. The van der Waals surface area contributed by atoms with Crippen LogP contribution >= 0.6 is 11.6 Å². The largest absolute Gasteiger partial charge is 0.444 e. The van der Waals surface area contributed by atoms with E-state index in [0.29, 0.717) is 16.6 Å². The highest BCUT2D eigenvalue weighted by Crippen LogP contribution is 2.31.